The molecule has 0 spiro atoms. The molecule has 5 heteroatoms. The van der Waals surface area contributed by atoms with Crippen LogP contribution in [-0.4, -0.2) is 28.1 Å². The predicted molar refractivity (Wildman–Crippen MR) is 81.7 cm³/mol. The number of hydrogen-bond acceptors (Lipinski definition) is 3. The van der Waals surface area contributed by atoms with E-state index >= 15 is 0 Å². The van der Waals surface area contributed by atoms with Crippen LogP contribution in [0.5, 0.6) is 11.5 Å². The van der Waals surface area contributed by atoms with Crippen molar-refractivity contribution in [3.8, 4) is 11.5 Å². The Morgan fingerprint density at radius 1 is 1.19 bits per heavy atom. The number of amides is 1. The van der Waals surface area contributed by atoms with Crippen LogP contribution in [0.4, 0.5) is 0 Å². The molecule has 1 atom stereocenters. The summed E-state index contributed by atoms with van der Waals surface area (Å²) in [4.78, 5) is 13.9. The fraction of sp³-hybridized carbons (Fsp3) is 0.188. The van der Waals surface area contributed by atoms with Crippen molar-refractivity contribution in [2.24, 2.45) is 0 Å². The SMILES string of the molecule is CC(c1cccc(Cl)c1)N(C)C(=O)c1cc(O)ccc1O. The Kier molecular flexibility index (Phi) is 4.38. The van der Waals surface area contributed by atoms with Gasteiger partial charge >= 0.3 is 0 Å². The standard InChI is InChI=1S/C16H16ClNO3/c1-10(11-4-3-5-12(17)8-11)18(2)16(21)14-9-13(19)6-7-15(14)20/h3-10,19-20H,1-2H3. The Balaban J connectivity index is 2.28. The van der Waals surface area contributed by atoms with Crippen molar-refractivity contribution in [2.75, 3.05) is 7.05 Å². The summed E-state index contributed by atoms with van der Waals surface area (Å²) in [5, 5.41) is 19.8. The zero-order chi connectivity index (χ0) is 15.6. The molecule has 0 fully saturated rings. The van der Waals surface area contributed by atoms with Crippen LogP contribution < -0.4 is 0 Å². The number of halogens is 1. The molecular weight excluding hydrogens is 290 g/mol. The van der Waals surface area contributed by atoms with Gasteiger partial charge < -0.3 is 15.1 Å². The van der Waals surface area contributed by atoms with Gasteiger partial charge in [-0.2, -0.15) is 0 Å². The molecule has 0 saturated carbocycles. The van der Waals surface area contributed by atoms with Gasteiger partial charge in [0.25, 0.3) is 5.91 Å². The molecule has 0 aliphatic carbocycles. The van der Waals surface area contributed by atoms with Gasteiger partial charge in [0.1, 0.15) is 11.5 Å². The summed E-state index contributed by atoms with van der Waals surface area (Å²) in [5.74, 6) is -0.612. The molecule has 1 unspecified atom stereocenters. The van der Waals surface area contributed by atoms with Crippen molar-refractivity contribution >= 4 is 17.5 Å². The van der Waals surface area contributed by atoms with Crippen LogP contribution in [0.1, 0.15) is 28.9 Å². The smallest absolute Gasteiger partial charge is 0.257 e. The first-order chi connectivity index (χ1) is 9.90. The van der Waals surface area contributed by atoms with Crippen LogP contribution in [0.25, 0.3) is 0 Å². The molecule has 0 aliphatic rings. The molecule has 2 aromatic carbocycles. The summed E-state index contributed by atoms with van der Waals surface area (Å²) < 4.78 is 0. The third-order valence-electron chi connectivity index (χ3n) is 3.44. The van der Waals surface area contributed by atoms with E-state index in [0.717, 1.165) is 5.56 Å². The first-order valence-electron chi connectivity index (χ1n) is 6.44. The lowest BCUT2D eigenvalue weighted by molar-refractivity contribution is 0.0739. The number of aromatic hydroxyl groups is 2. The molecule has 0 saturated heterocycles. The van der Waals surface area contributed by atoms with Gasteiger partial charge in [-0.3, -0.25) is 4.79 Å². The third-order valence-corrected chi connectivity index (χ3v) is 3.68. The number of carbonyl (C=O) groups is 1. The van der Waals surface area contributed by atoms with Crippen molar-refractivity contribution in [1.82, 2.24) is 4.90 Å². The summed E-state index contributed by atoms with van der Waals surface area (Å²) in [6, 6.07) is 10.9. The number of rotatable bonds is 3. The zero-order valence-electron chi connectivity index (χ0n) is 11.7. The fourth-order valence-corrected chi connectivity index (χ4v) is 2.25. The fourth-order valence-electron chi connectivity index (χ4n) is 2.05. The van der Waals surface area contributed by atoms with Crippen molar-refractivity contribution < 1.29 is 15.0 Å². The Bertz CT molecular complexity index is 672. The van der Waals surface area contributed by atoms with Crippen molar-refractivity contribution in [2.45, 2.75) is 13.0 Å². The largest absolute Gasteiger partial charge is 0.508 e. The second-order valence-electron chi connectivity index (χ2n) is 4.85. The molecule has 0 bridgehead atoms. The molecule has 1 amide bonds. The lowest BCUT2D eigenvalue weighted by atomic mass is 10.1. The average Bonchev–Trinajstić information content (AvgIpc) is 2.47. The summed E-state index contributed by atoms with van der Waals surface area (Å²) in [5.41, 5.74) is 0.948. The van der Waals surface area contributed by atoms with Crippen LogP contribution in [0.2, 0.25) is 5.02 Å². The van der Waals surface area contributed by atoms with E-state index in [2.05, 4.69) is 0 Å². The van der Waals surface area contributed by atoms with Gasteiger partial charge in [-0.05, 0) is 42.8 Å². The molecule has 0 heterocycles. The highest BCUT2D eigenvalue weighted by Gasteiger charge is 2.21. The Morgan fingerprint density at radius 3 is 2.57 bits per heavy atom. The van der Waals surface area contributed by atoms with Gasteiger partial charge in [0, 0.05) is 12.1 Å². The first kappa shape index (κ1) is 15.2. The van der Waals surface area contributed by atoms with E-state index in [0.29, 0.717) is 5.02 Å². The molecular formula is C16H16ClNO3. The topological polar surface area (TPSA) is 60.8 Å². The van der Waals surface area contributed by atoms with Crippen LogP contribution in [0, 0.1) is 0 Å². The predicted octanol–water partition coefficient (Wildman–Crippen LogP) is 3.58. The summed E-state index contributed by atoms with van der Waals surface area (Å²) in [6.45, 7) is 1.86. The molecule has 0 aliphatic heterocycles. The summed E-state index contributed by atoms with van der Waals surface area (Å²) >= 11 is 5.96. The highest BCUT2D eigenvalue weighted by molar-refractivity contribution is 6.30. The number of hydrogen-bond donors (Lipinski definition) is 2. The summed E-state index contributed by atoms with van der Waals surface area (Å²) in [6.07, 6.45) is 0. The highest BCUT2D eigenvalue weighted by atomic mass is 35.5. The number of phenols is 2. The van der Waals surface area contributed by atoms with Crippen LogP contribution in [-0.2, 0) is 0 Å². The molecule has 2 N–H and O–H groups in total. The minimum absolute atomic E-state index is 0.0615. The molecule has 4 nitrogen and oxygen atoms in total. The minimum atomic E-state index is -0.379. The van der Waals surface area contributed by atoms with Gasteiger partial charge in [-0.15, -0.1) is 0 Å². The average molecular weight is 306 g/mol. The molecule has 0 radical (unpaired) electrons. The first-order valence-corrected chi connectivity index (χ1v) is 6.82. The van der Waals surface area contributed by atoms with Gasteiger partial charge in [0.2, 0.25) is 0 Å². The molecule has 2 aromatic rings. The van der Waals surface area contributed by atoms with Crippen molar-refractivity contribution in [3.63, 3.8) is 0 Å². The van der Waals surface area contributed by atoms with Crippen LogP contribution in [0.15, 0.2) is 42.5 Å². The summed E-state index contributed by atoms with van der Waals surface area (Å²) in [7, 11) is 1.64. The zero-order valence-corrected chi connectivity index (χ0v) is 12.5. The maximum Gasteiger partial charge on any atom is 0.257 e. The highest BCUT2D eigenvalue weighted by Crippen LogP contribution is 2.27. The van der Waals surface area contributed by atoms with Gasteiger partial charge in [0.15, 0.2) is 0 Å². The quantitative estimate of drug-likeness (QED) is 0.852. The monoisotopic (exact) mass is 305 g/mol. The van der Waals surface area contributed by atoms with E-state index in [4.69, 9.17) is 11.6 Å². The van der Waals surface area contributed by atoms with E-state index in [-0.39, 0.29) is 29.0 Å². The van der Waals surface area contributed by atoms with Crippen LogP contribution in [0.3, 0.4) is 0 Å². The molecule has 2 rings (SSSR count). The van der Waals surface area contributed by atoms with E-state index in [1.165, 1.54) is 23.1 Å². The molecule has 0 aromatic heterocycles. The maximum absolute atomic E-state index is 12.4. The maximum atomic E-state index is 12.4. The Hall–Kier alpha value is -2.20. The second-order valence-corrected chi connectivity index (χ2v) is 5.28. The lowest BCUT2D eigenvalue weighted by Crippen LogP contribution is -2.29. The minimum Gasteiger partial charge on any atom is -0.508 e. The Labute approximate surface area is 128 Å². The Morgan fingerprint density at radius 2 is 1.90 bits per heavy atom. The van der Waals surface area contributed by atoms with Crippen molar-refractivity contribution in [3.05, 3.63) is 58.6 Å². The van der Waals surface area contributed by atoms with Crippen molar-refractivity contribution in [1.29, 1.82) is 0 Å². The number of benzene rings is 2. The van der Waals surface area contributed by atoms with Crippen LogP contribution >= 0.6 is 11.6 Å². The second kappa shape index (κ2) is 6.06. The number of carbonyl (C=O) groups excluding carboxylic acids is 1. The van der Waals surface area contributed by atoms with E-state index in [1.807, 2.05) is 19.1 Å². The number of phenolic OH excluding ortho intramolecular Hbond substituents is 2. The molecule has 110 valence electrons. The van der Waals surface area contributed by atoms with Gasteiger partial charge in [0.05, 0.1) is 11.6 Å². The van der Waals surface area contributed by atoms with E-state index in [1.54, 1.807) is 19.2 Å². The van der Waals surface area contributed by atoms with Gasteiger partial charge in [-0.1, -0.05) is 23.7 Å². The normalized spacial score (nSPS) is 12.0. The van der Waals surface area contributed by atoms with E-state index < -0.39 is 0 Å². The van der Waals surface area contributed by atoms with E-state index in [9.17, 15) is 15.0 Å². The molecule has 21 heavy (non-hydrogen) atoms. The van der Waals surface area contributed by atoms with Gasteiger partial charge in [-0.25, -0.2) is 0 Å². The number of nitrogens with zero attached hydrogens (tertiary/aromatic N) is 1. The third kappa shape index (κ3) is 3.28. The lowest BCUT2D eigenvalue weighted by Gasteiger charge is -2.26.